The lowest BCUT2D eigenvalue weighted by atomic mass is 10.0. The molecule has 2 nitrogen and oxygen atoms in total. The summed E-state index contributed by atoms with van der Waals surface area (Å²) in [7, 11) is 0. The first kappa shape index (κ1) is 11.5. The molecule has 2 heteroatoms. The number of hydrogen-bond acceptors (Lipinski definition) is 2. The van der Waals surface area contributed by atoms with Gasteiger partial charge in [-0.05, 0) is 38.5 Å². The molecule has 2 N–H and O–H groups in total. The molecular formula is C12H20O2. The number of hydrogen-bond donors (Lipinski definition) is 2. The van der Waals surface area contributed by atoms with E-state index in [2.05, 4.69) is 24.3 Å². The Kier molecular flexibility index (Phi) is 5.57. The molecule has 0 bridgehead atoms. The maximum absolute atomic E-state index is 9.55. The SMILES string of the molecule is O[C@@H]1CC/C=C\CC/C=C\CC[C@H]1O. The Morgan fingerprint density at radius 1 is 0.643 bits per heavy atom. The molecule has 0 fully saturated rings. The standard InChI is InChI=1S/C12H20O2/c13-11-9-7-5-3-1-2-4-6-8-10-12(11)14/h3-6,11-14H,1-2,7-10H2/b5-3-,6-4-/t11-,12-/m1/s1. The van der Waals surface area contributed by atoms with Gasteiger partial charge in [0.2, 0.25) is 0 Å². The molecule has 0 spiro atoms. The van der Waals surface area contributed by atoms with Crippen molar-refractivity contribution in [2.75, 3.05) is 0 Å². The largest absolute Gasteiger partial charge is 0.390 e. The van der Waals surface area contributed by atoms with E-state index in [0.717, 1.165) is 25.7 Å². The van der Waals surface area contributed by atoms with Crippen molar-refractivity contribution in [2.24, 2.45) is 0 Å². The summed E-state index contributed by atoms with van der Waals surface area (Å²) < 4.78 is 0. The lowest BCUT2D eigenvalue weighted by Crippen LogP contribution is -2.25. The molecule has 0 unspecified atom stereocenters. The zero-order valence-electron chi connectivity index (χ0n) is 8.60. The van der Waals surface area contributed by atoms with Crippen molar-refractivity contribution in [3.63, 3.8) is 0 Å². The molecule has 0 radical (unpaired) electrons. The molecule has 80 valence electrons. The van der Waals surface area contributed by atoms with Gasteiger partial charge in [0.25, 0.3) is 0 Å². The van der Waals surface area contributed by atoms with E-state index in [1.165, 1.54) is 0 Å². The van der Waals surface area contributed by atoms with Crippen LogP contribution in [-0.4, -0.2) is 22.4 Å². The third-order valence-corrected chi connectivity index (χ3v) is 2.54. The minimum Gasteiger partial charge on any atom is -0.390 e. The average molecular weight is 196 g/mol. The van der Waals surface area contributed by atoms with Crippen LogP contribution in [0.2, 0.25) is 0 Å². The highest BCUT2D eigenvalue weighted by Crippen LogP contribution is 2.10. The zero-order valence-corrected chi connectivity index (χ0v) is 8.60. The lowest BCUT2D eigenvalue weighted by molar-refractivity contribution is 0.0111. The molecule has 0 aromatic heterocycles. The second kappa shape index (κ2) is 6.80. The van der Waals surface area contributed by atoms with Crippen molar-refractivity contribution in [3.8, 4) is 0 Å². The molecule has 0 aliphatic heterocycles. The Labute approximate surface area is 86.0 Å². The number of aliphatic hydroxyl groups excluding tert-OH is 2. The van der Waals surface area contributed by atoms with Gasteiger partial charge in [-0.3, -0.25) is 0 Å². The van der Waals surface area contributed by atoms with E-state index in [-0.39, 0.29) is 0 Å². The van der Waals surface area contributed by atoms with Crippen LogP contribution < -0.4 is 0 Å². The first-order valence-corrected chi connectivity index (χ1v) is 5.47. The van der Waals surface area contributed by atoms with E-state index >= 15 is 0 Å². The van der Waals surface area contributed by atoms with Crippen LogP contribution in [0.25, 0.3) is 0 Å². The molecule has 0 saturated carbocycles. The highest BCUT2D eigenvalue weighted by molar-refractivity contribution is 4.90. The minimum absolute atomic E-state index is 0.563. The Hall–Kier alpha value is -0.600. The van der Waals surface area contributed by atoms with Crippen molar-refractivity contribution in [2.45, 2.75) is 50.7 Å². The highest BCUT2D eigenvalue weighted by atomic mass is 16.3. The Bertz CT molecular complexity index is 174. The molecule has 0 amide bonds. The molecule has 1 aliphatic carbocycles. The second-order valence-corrected chi connectivity index (χ2v) is 3.81. The molecular weight excluding hydrogens is 176 g/mol. The fraction of sp³-hybridized carbons (Fsp3) is 0.667. The van der Waals surface area contributed by atoms with Crippen molar-refractivity contribution in [1.82, 2.24) is 0 Å². The average Bonchev–Trinajstić information content (AvgIpc) is 2.18. The van der Waals surface area contributed by atoms with Crippen molar-refractivity contribution >= 4 is 0 Å². The summed E-state index contributed by atoms with van der Waals surface area (Å²) >= 11 is 0. The molecule has 1 aliphatic rings. The van der Waals surface area contributed by atoms with Gasteiger partial charge < -0.3 is 10.2 Å². The topological polar surface area (TPSA) is 40.5 Å². The van der Waals surface area contributed by atoms with Crippen LogP contribution >= 0.6 is 0 Å². The van der Waals surface area contributed by atoms with Crippen LogP contribution in [0.15, 0.2) is 24.3 Å². The van der Waals surface area contributed by atoms with Gasteiger partial charge in [-0.25, -0.2) is 0 Å². The van der Waals surface area contributed by atoms with Gasteiger partial charge in [0.05, 0.1) is 12.2 Å². The maximum Gasteiger partial charge on any atom is 0.0802 e. The van der Waals surface area contributed by atoms with Gasteiger partial charge in [-0.1, -0.05) is 24.3 Å². The number of aliphatic hydroxyl groups is 2. The summed E-state index contributed by atoms with van der Waals surface area (Å²) in [6, 6.07) is 0. The van der Waals surface area contributed by atoms with Crippen molar-refractivity contribution in [1.29, 1.82) is 0 Å². The lowest BCUT2D eigenvalue weighted by Gasteiger charge is -2.16. The van der Waals surface area contributed by atoms with E-state index in [9.17, 15) is 10.2 Å². The Balaban J connectivity index is 2.41. The molecule has 0 saturated heterocycles. The normalized spacial score (nSPS) is 35.3. The maximum atomic E-state index is 9.55. The van der Waals surface area contributed by atoms with Gasteiger partial charge in [0.1, 0.15) is 0 Å². The van der Waals surface area contributed by atoms with Crippen LogP contribution in [0.3, 0.4) is 0 Å². The van der Waals surface area contributed by atoms with Gasteiger partial charge in [0.15, 0.2) is 0 Å². The summed E-state index contributed by atoms with van der Waals surface area (Å²) in [5.74, 6) is 0. The van der Waals surface area contributed by atoms with Gasteiger partial charge in [-0.2, -0.15) is 0 Å². The molecule has 0 aromatic carbocycles. The third kappa shape index (κ3) is 4.58. The summed E-state index contributed by atoms with van der Waals surface area (Å²) in [6.45, 7) is 0. The van der Waals surface area contributed by atoms with Gasteiger partial charge >= 0.3 is 0 Å². The van der Waals surface area contributed by atoms with Crippen LogP contribution in [0, 0.1) is 0 Å². The zero-order chi connectivity index (χ0) is 10.2. The van der Waals surface area contributed by atoms with Crippen molar-refractivity contribution < 1.29 is 10.2 Å². The van der Waals surface area contributed by atoms with Gasteiger partial charge in [-0.15, -0.1) is 0 Å². The first-order chi connectivity index (χ1) is 6.80. The monoisotopic (exact) mass is 196 g/mol. The van der Waals surface area contributed by atoms with Crippen LogP contribution in [0.1, 0.15) is 38.5 Å². The minimum atomic E-state index is -0.563. The van der Waals surface area contributed by atoms with Gasteiger partial charge in [0, 0.05) is 0 Å². The number of rotatable bonds is 0. The van der Waals surface area contributed by atoms with E-state index in [1.807, 2.05) is 0 Å². The van der Waals surface area contributed by atoms with Crippen LogP contribution in [0.4, 0.5) is 0 Å². The summed E-state index contributed by atoms with van der Waals surface area (Å²) in [5.41, 5.74) is 0. The third-order valence-electron chi connectivity index (χ3n) is 2.54. The predicted octanol–water partition coefficient (Wildman–Crippen LogP) is 2.17. The van der Waals surface area contributed by atoms with Crippen molar-refractivity contribution in [3.05, 3.63) is 24.3 Å². The molecule has 2 atom stereocenters. The van der Waals surface area contributed by atoms with Crippen LogP contribution in [0.5, 0.6) is 0 Å². The molecule has 0 heterocycles. The fourth-order valence-corrected chi connectivity index (χ4v) is 1.58. The number of allylic oxidation sites excluding steroid dienone is 4. The quantitative estimate of drug-likeness (QED) is 0.583. The molecule has 0 aromatic rings. The summed E-state index contributed by atoms with van der Waals surface area (Å²) in [5, 5.41) is 19.1. The Morgan fingerprint density at radius 2 is 1.00 bits per heavy atom. The van der Waals surface area contributed by atoms with Crippen LogP contribution in [-0.2, 0) is 0 Å². The van der Waals surface area contributed by atoms with E-state index in [0.29, 0.717) is 12.8 Å². The van der Waals surface area contributed by atoms with E-state index in [1.54, 1.807) is 0 Å². The summed E-state index contributed by atoms with van der Waals surface area (Å²) in [4.78, 5) is 0. The smallest absolute Gasteiger partial charge is 0.0802 e. The summed E-state index contributed by atoms with van der Waals surface area (Å²) in [6.07, 6.45) is 12.6. The fourth-order valence-electron chi connectivity index (χ4n) is 1.58. The predicted molar refractivity (Wildman–Crippen MR) is 58.0 cm³/mol. The van der Waals surface area contributed by atoms with E-state index < -0.39 is 12.2 Å². The second-order valence-electron chi connectivity index (χ2n) is 3.81. The Morgan fingerprint density at radius 3 is 1.43 bits per heavy atom. The highest BCUT2D eigenvalue weighted by Gasteiger charge is 2.14. The molecule has 1 rings (SSSR count). The molecule has 14 heavy (non-hydrogen) atoms. The van der Waals surface area contributed by atoms with E-state index in [4.69, 9.17) is 0 Å². The first-order valence-electron chi connectivity index (χ1n) is 5.47.